The maximum Gasteiger partial charge on any atom is 0.223 e. The molecular weight excluding hydrogens is 258 g/mol. The van der Waals surface area contributed by atoms with Gasteiger partial charge in [0.15, 0.2) is 0 Å². The van der Waals surface area contributed by atoms with Crippen molar-refractivity contribution in [3.05, 3.63) is 34.9 Å². The van der Waals surface area contributed by atoms with E-state index in [9.17, 15) is 4.79 Å². The summed E-state index contributed by atoms with van der Waals surface area (Å²) >= 11 is 5.88. The average Bonchev–Trinajstić information content (AvgIpc) is 2.35. The zero-order valence-electron chi connectivity index (χ0n) is 11.7. The molecule has 1 saturated heterocycles. The maximum absolute atomic E-state index is 12.1. The second-order valence-electron chi connectivity index (χ2n) is 5.94. The highest BCUT2D eigenvalue weighted by Gasteiger charge is 2.28. The molecule has 1 aromatic carbocycles. The fourth-order valence-electron chi connectivity index (χ4n) is 2.78. The first-order chi connectivity index (χ1) is 9.04. The van der Waals surface area contributed by atoms with Crippen LogP contribution in [0.4, 0.5) is 0 Å². The van der Waals surface area contributed by atoms with Crippen LogP contribution in [-0.2, 0) is 11.2 Å². The lowest BCUT2D eigenvalue weighted by Gasteiger charge is -2.30. The van der Waals surface area contributed by atoms with Crippen LogP contribution >= 0.6 is 11.6 Å². The zero-order valence-corrected chi connectivity index (χ0v) is 12.4. The van der Waals surface area contributed by atoms with Crippen molar-refractivity contribution in [2.75, 3.05) is 0 Å². The van der Waals surface area contributed by atoms with E-state index in [-0.39, 0.29) is 17.9 Å². The molecule has 2 nitrogen and oxygen atoms in total. The summed E-state index contributed by atoms with van der Waals surface area (Å²) in [4.78, 5) is 12.1. The number of rotatable bonds is 4. The van der Waals surface area contributed by atoms with Gasteiger partial charge >= 0.3 is 0 Å². The van der Waals surface area contributed by atoms with Crippen LogP contribution in [0.15, 0.2) is 24.3 Å². The van der Waals surface area contributed by atoms with Crippen molar-refractivity contribution in [2.45, 2.75) is 45.6 Å². The topological polar surface area (TPSA) is 29.1 Å². The molecule has 0 aromatic heterocycles. The fraction of sp³-hybridized carbons (Fsp3) is 0.562. The predicted molar refractivity (Wildman–Crippen MR) is 79.3 cm³/mol. The third kappa shape index (κ3) is 4.24. The molecule has 2 atom stereocenters. The summed E-state index contributed by atoms with van der Waals surface area (Å²) < 4.78 is 0. The van der Waals surface area contributed by atoms with E-state index in [2.05, 4.69) is 19.2 Å². The van der Waals surface area contributed by atoms with Crippen LogP contribution < -0.4 is 5.32 Å². The lowest BCUT2D eigenvalue weighted by atomic mass is 9.86. The highest BCUT2D eigenvalue weighted by atomic mass is 35.5. The summed E-state index contributed by atoms with van der Waals surface area (Å²) in [5.41, 5.74) is 1.23. The first-order valence-electron chi connectivity index (χ1n) is 7.09. The number of benzene rings is 1. The molecule has 1 aliphatic heterocycles. The normalized spacial score (nSPS) is 23.5. The molecule has 1 fully saturated rings. The lowest BCUT2D eigenvalue weighted by molar-refractivity contribution is -0.128. The van der Waals surface area contributed by atoms with Gasteiger partial charge in [-0.05, 0) is 49.3 Å². The lowest BCUT2D eigenvalue weighted by Crippen LogP contribution is -2.45. The van der Waals surface area contributed by atoms with E-state index < -0.39 is 0 Å². The second-order valence-corrected chi connectivity index (χ2v) is 6.38. The van der Waals surface area contributed by atoms with Gasteiger partial charge < -0.3 is 5.32 Å². The Labute approximate surface area is 120 Å². The quantitative estimate of drug-likeness (QED) is 0.892. The Kier molecular flexibility index (Phi) is 4.87. The third-order valence-corrected chi connectivity index (χ3v) is 3.98. The number of hydrogen-bond acceptors (Lipinski definition) is 1. The molecule has 1 aromatic rings. The summed E-state index contributed by atoms with van der Waals surface area (Å²) in [5, 5.41) is 3.92. The van der Waals surface area contributed by atoms with Gasteiger partial charge in [-0.25, -0.2) is 0 Å². The summed E-state index contributed by atoms with van der Waals surface area (Å²) in [6.07, 6.45) is 3.99. The summed E-state index contributed by atoms with van der Waals surface area (Å²) in [6.45, 7) is 4.35. The third-order valence-electron chi connectivity index (χ3n) is 3.73. The average molecular weight is 280 g/mol. The van der Waals surface area contributed by atoms with Crippen LogP contribution in [0.3, 0.4) is 0 Å². The number of halogens is 1. The smallest absolute Gasteiger partial charge is 0.223 e. The molecular formula is C16H22ClNO. The number of carbonyl (C=O) groups excluding carboxylic acids is 1. The minimum Gasteiger partial charge on any atom is -0.353 e. The maximum atomic E-state index is 12.1. The number of carbonyl (C=O) groups is 1. The van der Waals surface area contributed by atoms with Gasteiger partial charge in [0.2, 0.25) is 5.91 Å². The Morgan fingerprint density at radius 3 is 2.53 bits per heavy atom. The zero-order chi connectivity index (χ0) is 13.8. The van der Waals surface area contributed by atoms with Gasteiger partial charge in [-0.15, -0.1) is 0 Å². The Morgan fingerprint density at radius 2 is 1.95 bits per heavy atom. The molecule has 19 heavy (non-hydrogen) atoms. The van der Waals surface area contributed by atoms with Crippen LogP contribution in [0.5, 0.6) is 0 Å². The minimum absolute atomic E-state index is 0.210. The molecule has 2 rings (SSSR count). The largest absolute Gasteiger partial charge is 0.353 e. The Bertz CT molecular complexity index is 427. The molecule has 0 saturated carbocycles. The molecule has 3 heteroatoms. The molecule has 0 bridgehead atoms. The van der Waals surface area contributed by atoms with E-state index in [1.54, 1.807) is 0 Å². The number of hydrogen-bond donors (Lipinski definition) is 1. The standard InChI is InChI=1S/C16H22ClNO/c1-11(2)9-13-5-8-15(18-16(13)19)10-12-3-6-14(17)7-4-12/h3-4,6-7,11,13,15H,5,8-10H2,1-2H3,(H,18,19)/t13-,15+/m0/s1. The van der Waals surface area contributed by atoms with Crippen molar-refractivity contribution in [3.63, 3.8) is 0 Å². The Hall–Kier alpha value is -1.02. The molecule has 0 unspecified atom stereocenters. The molecule has 0 aliphatic carbocycles. The van der Waals surface area contributed by atoms with Crippen molar-refractivity contribution in [2.24, 2.45) is 11.8 Å². The molecule has 104 valence electrons. The van der Waals surface area contributed by atoms with Gasteiger partial charge in [-0.3, -0.25) is 4.79 Å². The van der Waals surface area contributed by atoms with Crippen LogP contribution in [0, 0.1) is 11.8 Å². The number of piperidine rings is 1. The van der Waals surface area contributed by atoms with Gasteiger partial charge in [0.25, 0.3) is 0 Å². The first-order valence-corrected chi connectivity index (χ1v) is 7.47. The van der Waals surface area contributed by atoms with Crippen molar-refractivity contribution < 1.29 is 4.79 Å². The summed E-state index contributed by atoms with van der Waals surface area (Å²) in [6, 6.07) is 8.16. The molecule has 1 heterocycles. The van der Waals surface area contributed by atoms with Gasteiger partial charge in [-0.1, -0.05) is 37.6 Å². The van der Waals surface area contributed by atoms with Crippen LogP contribution in [0.2, 0.25) is 5.02 Å². The molecule has 1 N–H and O–H groups in total. The highest BCUT2D eigenvalue weighted by Crippen LogP contribution is 2.24. The van der Waals surface area contributed by atoms with E-state index in [0.29, 0.717) is 5.92 Å². The minimum atomic E-state index is 0.210. The van der Waals surface area contributed by atoms with Crippen molar-refractivity contribution in [1.29, 1.82) is 0 Å². The van der Waals surface area contributed by atoms with E-state index in [4.69, 9.17) is 11.6 Å². The molecule has 1 aliphatic rings. The van der Waals surface area contributed by atoms with E-state index in [0.717, 1.165) is 30.7 Å². The highest BCUT2D eigenvalue weighted by molar-refractivity contribution is 6.30. The van der Waals surface area contributed by atoms with Crippen molar-refractivity contribution in [1.82, 2.24) is 5.32 Å². The van der Waals surface area contributed by atoms with E-state index >= 15 is 0 Å². The first kappa shape index (κ1) is 14.4. The van der Waals surface area contributed by atoms with Crippen LogP contribution in [-0.4, -0.2) is 11.9 Å². The second kappa shape index (κ2) is 6.42. The summed E-state index contributed by atoms with van der Waals surface area (Å²) in [5.74, 6) is 1.03. The van der Waals surface area contributed by atoms with Gasteiger partial charge in [-0.2, -0.15) is 0 Å². The molecule has 1 amide bonds. The van der Waals surface area contributed by atoms with Gasteiger partial charge in [0.05, 0.1) is 0 Å². The number of amides is 1. The fourth-order valence-corrected chi connectivity index (χ4v) is 2.90. The number of nitrogens with one attached hydrogen (secondary N) is 1. The van der Waals surface area contributed by atoms with E-state index in [1.807, 2.05) is 24.3 Å². The Balaban J connectivity index is 1.88. The van der Waals surface area contributed by atoms with E-state index in [1.165, 1.54) is 5.56 Å². The van der Waals surface area contributed by atoms with Crippen LogP contribution in [0.1, 0.15) is 38.7 Å². The monoisotopic (exact) mass is 279 g/mol. The van der Waals surface area contributed by atoms with Crippen molar-refractivity contribution >= 4 is 17.5 Å². The molecule has 0 radical (unpaired) electrons. The summed E-state index contributed by atoms with van der Waals surface area (Å²) in [7, 11) is 0. The van der Waals surface area contributed by atoms with Crippen molar-refractivity contribution in [3.8, 4) is 0 Å². The SMILES string of the molecule is CC(C)C[C@@H]1CC[C@H](Cc2ccc(Cl)cc2)NC1=O. The predicted octanol–water partition coefficient (Wildman–Crippen LogP) is 3.82. The Morgan fingerprint density at radius 1 is 1.26 bits per heavy atom. The van der Waals surface area contributed by atoms with Gasteiger partial charge in [0.1, 0.15) is 0 Å². The van der Waals surface area contributed by atoms with Crippen LogP contribution in [0.25, 0.3) is 0 Å². The molecule has 0 spiro atoms. The van der Waals surface area contributed by atoms with Gasteiger partial charge in [0, 0.05) is 17.0 Å².